The highest BCUT2D eigenvalue weighted by Crippen LogP contribution is 2.43. The molecule has 0 aliphatic carbocycles. The molecule has 1 aromatic heterocycles. The van der Waals surface area contributed by atoms with Crippen LogP contribution in [-0.2, 0) is 19.9 Å². The third-order valence-corrected chi connectivity index (χ3v) is 10.7. The van der Waals surface area contributed by atoms with Gasteiger partial charge in [-0.3, -0.25) is 0 Å². The third-order valence-electron chi connectivity index (χ3n) is 5.16. The zero-order valence-electron chi connectivity index (χ0n) is 13.5. The number of nitrogens with zero attached hydrogens (tertiary/aromatic N) is 1. The lowest BCUT2D eigenvalue weighted by molar-refractivity contribution is 0.249. The van der Waals surface area contributed by atoms with Gasteiger partial charge in [0.25, 0.3) is 10.0 Å². The zero-order valence-corrected chi connectivity index (χ0v) is 15.9. The second-order valence-electron chi connectivity index (χ2n) is 6.60. The Balaban J connectivity index is 1.63. The number of fused-ring (bicyclic) bond motifs is 2. The predicted octanol–water partition coefficient (Wildman–Crippen LogP) is 2.91. The molecule has 0 saturated carbocycles. The molecule has 1 aromatic carbocycles. The summed E-state index contributed by atoms with van der Waals surface area (Å²) in [4.78, 5) is 0.328. The van der Waals surface area contributed by atoms with Crippen LogP contribution >= 0.6 is 11.3 Å². The summed E-state index contributed by atoms with van der Waals surface area (Å²) in [5, 5.41) is 1.24. The topological polar surface area (TPSA) is 71.5 Å². The normalized spacial score (nSPS) is 27.4. The van der Waals surface area contributed by atoms with E-state index in [1.807, 2.05) is 0 Å². The lowest BCUT2D eigenvalue weighted by atomic mass is 10.1. The lowest BCUT2D eigenvalue weighted by Crippen LogP contribution is -2.49. The van der Waals surface area contributed by atoms with Crippen molar-refractivity contribution in [3.05, 3.63) is 47.8 Å². The average molecular weight is 398 g/mol. The van der Waals surface area contributed by atoms with Crippen LogP contribution in [0, 0.1) is 0 Å². The molecule has 2 aliphatic rings. The van der Waals surface area contributed by atoms with Crippen molar-refractivity contribution in [1.29, 1.82) is 0 Å². The summed E-state index contributed by atoms with van der Waals surface area (Å²) >= 11 is 1.21. The summed E-state index contributed by atoms with van der Waals surface area (Å²) in [6.07, 6.45) is 2.21. The molecule has 134 valence electrons. The van der Waals surface area contributed by atoms with Gasteiger partial charge in [-0.1, -0.05) is 24.3 Å². The van der Waals surface area contributed by atoms with Gasteiger partial charge in [0.2, 0.25) is 0 Å². The van der Waals surface area contributed by atoms with E-state index >= 15 is 0 Å². The highest BCUT2D eigenvalue weighted by molar-refractivity contribution is 7.92. The van der Waals surface area contributed by atoms with Gasteiger partial charge in [-0.25, -0.2) is 16.8 Å². The summed E-state index contributed by atoms with van der Waals surface area (Å²) in [5.74, 6) is 0. The van der Waals surface area contributed by atoms with Crippen LogP contribution in [0.15, 0.2) is 56.9 Å². The first-order valence-electron chi connectivity index (χ1n) is 8.26. The Hall–Kier alpha value is -1.22. The van der Waals surface area contributed by atoms with E-state index in [4.69, 9.17) is 0 Å². The fraction of sp³-hybridized carbons (Fsp3) is 0.412. The maximum absolute atomic E-state index is 12.9. The van der Waals surface area contributed by atoms with Crippen LogP contribution in [0.3, 0.4) is 0 Å². The summed E-state index contributed by atoms with van der Waals surface area (Å²) in [5.41, 5.74) is 0. The Morgan fingerprint density at radius 1 is 0.880 bits per heavy atom. The molecule has 2 saturated heterocycles. The maximum Gasteiger partial charge on any atom is 0.253 e. The number of thiophene rings is 1. The highest BCUT2D eigenvalue weighted by Gasteiger charge is 2.50. The van der Waals surface area contributed by atoms with Gasteiger partial charge in [0.05, 0.1) is 10.1 Å². The molecule has 0 amide bonds. The minimum absolute atomic E-state index is 0.227. The van der Waals surface area contributed by atoms with Crippen LogP contribution in [0.4, 0.5) is 0 Å². The maximum atomic E-state index is 12.9. The van der Waals surface area contributed by atoms with Gasteiger partial charge < -0.3 is 0 Å². The van der Waals surface area contributed by atoms with Crippen LogP contribution in [0.25, 0.3) is 0 Å². The number of hydrogen-bond donors (Lipinski definition) is 0. The Kier molecular flexibility index (Phi) is 4.26. The van der Waals surface area contributed by atoms with Crippen molar-refractivity contribution in [2.45, 2.75) is 52.1 Å². The largest absolute Gasteiger partial charge is 0.253 e. The molecule has 8 heteroatoms. The average Bonchev–Trinajstić information content (AvgIpc) is 3.23. The molecule has 2 aromatic rings. The number of rotatable bonds is 4. The molecule has 2 aliphatic heterocycles. The molecule has 0 radical (unpaired) electrons. The molecular weight excluding hydrogens is 378 g/mol. The zero-order chi connectivity index (χ0) is 17.7. The van der Waals surface area contributed by atoms with E-state index < -0.39 is 25.1 Å². The Morgan fingerprint density at radius 2 is 1.52 bits per heavy atom. The van der Waals surface area contributed by atoms with Crippen molar-refractivity contribution < 1.29 is 16.8 Å². The first kappa shape index (κ1) is 17.2. The van der Waals surface area contributed by atoms with E-state index in [2.05, 4.69) is 0 Å². The highest BCUT2D eigenvalue weighted by atomic mass is 32.2. The molecule has 2 bridgehead atoms. The first-order chi connectivity index (χ1) is 11.9. The second kappa shape index (κ2) is 6.19. The summed E-state index contributed by atoms with van der Waals surface area (Å²) in [6, 6.07) is 11.4. The molecule has 1 unspecified atom stereocenters. The number of benzene rings is 1. The second-order valence-corrected chi connectivity index (χ2v) is 11.8. The first-order valence-corrected chi connectivity index (χ1v) is 12.1. The van der Waals surface area contributed by atoms with Crippen molar-refractivity contribution in [2.75, 3.05) is 0 Å². The number of sulfone groups is 1. The Morgan fingerprint density at radius 3 is 2.08 bits per heavy atom. The van der Waals surface area contributed by atoms with Gasteiger partial charge in [-0.2, -0.15) is 4.31 Å². The predicted molar refractivity (Wildman–Crippen MR) is 96.8 cm³/mol. The molecule has 0 spiro atoms. The number of sulfonamides is 1. The number of piperidine rings is 1. The summed E-state index contributed by atoms with van der Waals surface area (Å²) < 4.78 is 53.6. The fourth-order valence-electron chi connectivity index (χ4n) is 4.05. The lowest BCUT2D eigenvalue weighted by Gasteiger charge is -2.37. The molecule has 4 rings (SSSR count). The van der Waals surface area contributed by atoms with Gasteiger partial charge in [-0.05, 0) is 49.3 Å². The van der Waals surface area contributed by atoms with Crippen molar-refractivity contribution in [3.8, 4) is 0 Å². The van der Waals surface area contributed by atoms with E-state index in [0.29, 0.717) is 21.9 Å². The fourth-order valence-corrected chi connectivity index (χ4v) is 8.91. The van der Waals surface area contributed by atoms with E-state index in [9.17, 15) is 16.8 Å². The minimum Gasteiger partial charge on any atom is -0.223 e. The van der Waals surface area contributed by atoms with E-state index in [-0.39, 0.29) is 12.1 Å². The molecule has 25 heavy (non-hydrogen) atoms. The Labute approximate surface area is 152 Å². The monoisotopic (exact) mass is 397 g/mol. The quantitative estimate of drug-likeness (QED) is 0.795. The van der Waals surface area contributed by atoms with Gasteiger partial charge in [0.15, 0.2) is 9.84 Å². The van der Waals surface area contributed by atoms with E-state index in [1.54, 1.807) is 52.1 Å². The van der Waals surface area contributed by atoms with Crippen molar-refractivity contribution in [3.63, 3.8) is 0 Å². The van der Waals surface area contributed by atoms with Crippen LogP contribution in [0.1, 0.15) is 25.7 Å². The van der Waals surface area contributed by atoms with Crippen LogP contribution < -0.4 is 0 Å². The van der Waals surface area contributed by atoms with Gasteiger partial charge >= 0.3 is 0 Å². The third kappa shape index (κ3) is 2.85. The van der Waals surface area contributed by atoms with Crippen LogP contribution in [0.5, 0.6) is 0 Å². The van der Waals surface area contributed by atoms with Crippen molar-refractivity contribution >= 4 is 31.2 Å². The SMILES string of the molecule is O=S(=O)(c1ccccc1)C1C[C@H]2CC[C@@H](C1)N2S(=O)(=O)c1cccs1. The molecule has 0 N–H and O–H groups in total. The smallest absolute Gasteiger partial charge is 0.223 e. The van der Waals surface area contributed by atoms with Gasteiger partial charge in [0, 0.05) is 12.1 Å². The van der Waals surface area contributed by atoms with E-state index in [1.165, 1.54) is 11.3 Å². The molecule has 3 atom stereocenters. The standard InChI is InChI=1S/C17H19NO4S3/c19-24(20,15-5-2-1-3-6-15)16-11-13-8-9-14(12-16)18(13)25(21,22)17-7-4-10-23-17/h1-7,10,13-14,16H,8-9,11-12H2/t13-,14+,16?. The number of hydrogen-bond acceptors (Lipinski definition) is 5. The minimum atomic E-state index is -3.53. The molecule has 5 nitrogen and oxygen atoms in total. The van der Waals surface area contributed by atoms with Crippen molar-refractivity contribution in [1.82, 2.24) is 4.31 Å². The van der Waals surface area contributed by atoms with Gasteiger partial charge in [0.1, 0.15) is 4.21 Å². The molecule has 3 heterocycles. The Bertz CT molecular complexity index is 939. The summed E-state index contributed by atoms with van der Waals surface area (Å²) in [7, 11) is -6.96. The van der Waals surface area contributed by atoms with Crippen molar-refractivity contribution in [2.24, 2.45) is 0 Å². The molecule has 2 fully saturated rings. The van der Waals surface area contributed by atoms with Gasteiger partial charge in [-0.15, -0.1) is 11.3 Å². The molecular formula is C17H19NO4S3. The summed E-state index contributed by atoms with van der Waals surface area (Å²) in [6.45, 7) is 0. The van der Waals surface area contributed by atoms with Crippen LogP contribution in [-0.4, -0.2) is 38.5 Å². The van der Waals surface area contributed by atoms with E-state index in [0.717, 1.165) is 12.8 Å². The van der Waals surface area contributed by atoms with Crippen LogP contribution in [0.2, 0.25) is 0 Å².